The zero-order valence-electron chi connectivity index (χ0n) is 14.4. The van der Waals surface area contributed by atoms with Crippen molar-refractivity contribution in [2.24, 2.45) is 0 Å². The van der Waals surface area contributed by atoms with Crippen LogP contribution in [0.1, 0.15) is 35.3 Å². The summed E-state index contributed by atoms with van der Waals surface area (Å²) < 4.78 is 28.2. The van der Waals surface area contributed by atoms with E-state index in [0.717, 1.165) is 5.56 Å². The molecule has 1 unspecified atom stereocenters. The summed E-state index contributed by atoms with van der Waals surface area (Å²) >= 11 is 5.89. The van der Waals surface area contributed by atoms with Gasteiger partial charge in [0.2, 0.25) is 10.0 Å². The Balaban J connectivity index is 2.24. The number of rotatable bonds is 8. The van der Waals surface area contributed by atoms with Crippen LogP contribution < -0.4 is 10.0 Å². The monoisotopic (exact) mass is 392 g/mol. The van der Waals surface area contributed by atoms with E-state index in [1.54, 1.807) is 42.5 Å². The molecule has 5 nitrogen and oxygen atoms in total. The van der Waals surface area contributed by atoms with Crippen LogP contribution in [0.5, 0.6) is 0 Å². The molecule has 2 aromatic carbocycles. The Hall–Kier alpha value is -2.15. The largest absolute Gasteiger partial charge is 0.349 e. The van der Waals surface area contributed by atoms with Crippen LogP contribution in [0.3, 0.4) is 0 Å². The van der Waals surface area contributed by atoms with Crippen LogP contribution in [-0.4, -0.2) is 20.9 Å². The van der Waals surface area contributed by atoms with E-state index in [4.69, 9.17) is 11.6 Å². The minimum Gasteiger partial charge on any atom is -0.349 e. The average molecular weight is 393 g/mol. The molecule has 2 aromatic rings. The summed E-state index contributed by atoms with van der Waals surface area (Å²) in [6.07, 6.45) is 2.12. The number of hydrogen-bond acceptors (Lipinski definition) is 3. The zero-order chi connectivity index (χ0) is 19.2. The molecule has 7 heteroatoms. The summed E-state index contributed by atoms with van der Waals surface area (Å²) in [5.41, 5.74) is 1.09. The molecule has 1 atom stereocenters. The molecule has 0 bridgehead atoms. The van der Waals surface area contributed by atoms with Gasteiger partial charge in [0.05, 0.1) is 4.90 Å². The number of halogens is 1. The minimum absolute atomic E-state index is 0.0381. The van der Waals surface area contributed by atoms with Crippen LogP contribution in [0, 0.1) is 0 Å². The molecule has 0 spiro atoms. The first kappa shape index (κ1) is 20.2. The maximum atomic E-state index is 12.7. The van der Waals surface area contributed by atoms with Gasteiger partial charge in [-0.25, -0.2) is 13.1 Å². The number of sulfonamides is 1. The van der Waals surface area contributed by atoms with E-state index in [1.807, 2.05) is 6.92 Å². The first-order valence-corrected chi connectivity index (χ1v) is 10.0. The zero-order valence-corrected chi connectivity index (χ0v) is 16.0. The number of carbonyl (C=O) groups excluding carboxylic acids is 1. The summed E-state index contributed by atoms with van der Waals surface area (Å²) in [5, 5.41) is 3.21. The van der Waals surface area contributed by atoms with Gasteiger partial charge < -0.3 is 5.32 Å². The summed E-state index contributed by atoms with van der Waals surface area (Å²) in [5.74, 6) is -0.355. The fraction of sp³-hybridized carbons (Fsp3) is 0.211. The van der Waals surface area contributed by atoms with E-state index >= 15 is 0 Å². The first-order chi connectivity index (χ1) is 12.4. The Morgan fingerprint density at radius 1 is 1.23 bits per heavy atom. The third-order valence-corrected chi connectivity index (χ3v) is 5.51. The van der Waals surface area contributed by atoms with E-state index in [9.17, 15) is 13.2 Å². The van der Waals surface area contributed by atoms with E-state index in [2.05, 4.69) is 16.6 Å². The molecule has 0 aromatic heterocycles. The second-order valence-electron chi connectivity index (χ2n) is 5.66. The highest BCUT2D eigenvalue weighted by Crippen LogP contribution is 2.22. The van der Waals surface area contributed by atoms with Crippen molar-refractivity contribution in [1.29, 1.82) is 0 Å². The smallest absolute Gasteiger partial charge is 0.251 e. The SMILES string of the molecule is C=CCNC(=O)c1cccc(S(=O)(=O)NC(CC)c2ccc(Cl)cc2)c1. The number of carbonyl (C=O) groups is 1. The average Bonchev–Trinajstić information content (AvgIpc) is 2.65. The maximum Gasteiger partial charge on any atom is 0.251 e. The lowest BCUT2D eigenvalue weighted by Crippen LogP contribution is -2.29. The van der Waals surface area contributed by atoms with Crippen molar-refractivity contribution in [2.45, 2.75) is 24.3 Å². The van der Waals surface area contributed by atoms with Crippen LogP contribution in [0.25, 0.3) is 0 Å². The molecule has 0 saturated heterocycles. The second-order valence-corrected chi connectivity index (χ2v) is 7.81. The highest BCUT2D eigenvalue weighted by atomic mass is 35.5. The first-order valence-electron chi connectivity index (χ1n) is 8.14. The Bertz CT molecular complexity index is 880. The highest BCUT2D eigenvalue weighted by molar-refractivity contribution is 7.89. The topological polar surface area (TPSA) is 75.3 Å². The molecule has 0 saturated carbocycles. The summed E-state index contributed by atoms with van der Waals surface area (Å²) in [6.45, 7) is 5.73. The number of nitrogens with one attached hydrogen (secondary N) is 2. The quantitative estimate of drug-likeness (QED) is 0.673. The Morgan fingerprint density at radius 2 is 1.92 bits per heavy atom. The molecular weight excluding hydrogens is 372 g/mol. The van der Waals surface area contributed by atoms with Crippen molar-refractivity contribution in [2.75, 3.05) is 6.54 Å². The molecule has 26 heavy (non-hydrogen) atoms. The van der Waals surface area contributed by atoms with Crippen LogP contribution in [-0.2, 0) is 10.0 Å². The fourth-order valence-electron chi connectivity index (χ4n) is 2.41. The van der Waals surface area contributed by atoms with Gasteiger partial charge in [-0.2, -0.15) is 0 Å². The molecule has 0 aliphatic heterocycles. The number of amides is 1. The Kier molecular flexibility index (Phi) is 6.97. The maximum absolute atomic E-state index is 12.7. The standard InChI is InChI=1S/C19H21ClN2O3S/c1-3-12-21-19(23)15-6-5-7-17(13-15)26(24,25)22-18(4-2)14-8-10-16(20)11-9-14/h3,5-11,13,18,22H,1,4,12H2,2H3,(H,21,23). The van der Waals surface area contributed by atoms with E-state index in [0.29, 0.717) is 18.0 Å². The lowest BCUT2D eigenvalue weighted by Gasteiger charge is -2.18. The minimum atomic E-state index is -3.79. The fourth-order valence-corrected chi connectivity index (χ4v) is 3.89. The predicted octanol–water partition coefficient (Wildman–Crippen LogP) is 3.69. The van der Waals surface area contributed by atoms with Crippen LogP contribution in [0.2, 0.25) is 5.02 Å². The van der Waals surface area contributed by atoms with Gasteiger partial charge in [-0.1, -0.05) is 42.8 Å². The van der Waals surface area contributed by atoms with Crippen molar-refractivity contribution in [1.82, 2.24) is 10.0 Å². The molecule has 0 aliphatic rings. The Morgan fingerprint density at radius 3 is 2.54 bits per heavy atom. The molecule has 2 rings (SSSR count). The second kappa shape index (κ2) is 8.98. The summed E-state index contributed by atoms with van der Waals surface area (Å²) in [6, 6.07) is 12.5. The Labute approximate surface area is 159 Å². The van der Waals surface area contributed by atoms with Gasteiger partial charge in [0.25, 0.3) is 5.91 Å². The molecule has 1 amide bonds. The van der Waals surface area contributed by atoms with Gasteiger partial charge in [-0.05, 0) is 42.3 Å². The van der Waals surface area contributed by atoms with Gasteiger partial charge in [0, 0.05) is 23.2 Å². The number of hydrogen-bond donors (Lipinski definition) is 2. The van der Waals surface area contributed by atoms with Crippen molar-refractivity contribution >= 4 is 27.5 Å². The summed E-state index contributed by atoms with van der Waals surface area (Å²) in [7, 11) is -3.79. The van der Waals surface area contributed by atoms with E-state index in [1.165, 1.54) is 12.1 Å². The van der Waals surface area contributed by atoms with Crippen LogP contribution >= 0.6 is 11.6 Å². The molecule has 0 fully saturated rings. The molecule has 0 aliphatic carbocycles. The van der Waals surface area contributed by atoms with Crippen LogP contribution in [0.4, 0.5) is 0 Å². The normalized spacial score (nSPS) is 12.4. The molecule has 0 heterocycles. The lowest BCUT2D eigenvalue weighted by molar-refractivity contribution is 0.0958. The van der Waals surface area contributed by atoms with Gasteiger partial charge in [0.1, 0.15) is 0 Å². The molecule has 2 N–H and O–H groups in total. The number of benzene rings is 2. The highest BCUT2D eigenvalue weighted by Gasteiger charge is 2.21. The van der Waals surface area contributed by atoms with Gasteiger partial charge in [-0.3, -0.25) is 4.79 Å². The van der Waals surface area contributed by atoms with Crippen molar-refractivity contribution in [3.05, 3.63) is 77.3 Å². The molecule has 0 radical (unpaired) electrons. The van der Waals surface area contributed by atoms with Gasteiger partial charge >= 0.3 is 0 Å². The summed E-state index contributed by atoms with van der Waals surface area (Å²) in [4.78, 5) is 12.1. The van der Waals surface area contributed by atoms with Crippen molar-refractivity contribution in [3.8, 4) is 0 Å². The van der Waals surface area contributed by atoms with E-state index < -0.39 is 16.1 Å². The molecule has 138 valence electrons. The van der Waals surface area contributed by atoms with Gasteiger partial charge in [0.15, 0.2) is 0 Å². The lowest BCUT2D eigenvalue weighted by atomic mass is 10.1. The molecular formula is C19H21ClN2O3S. The third kappa shape index (κ3) is 5.17. The van der Waals surface area contributed by atoms with Gasteiger partial charge in [-0.15, -0.1) is 6.58 Å². The predicted molar refractivity (Wildman–Crippen MR) is 104 cm³/mol. The van der Waals surface area contributed by atoms with E-state index in [-0.39, 0.29) is 16.4 Å². The van der Waals surface area contributed by atoms with Crippen LogP contribution in [0.15, 0.2) is 66.1 Å². The van der Waals surface area contributed by atoms with Crippen molar-refractivity contribution in [3.63, 3.8) is 0 Å². The third-order valence-electron chi connectivity index (χ3n) is 3.79. The van der Waals surface area contributed by atoms with Crippen molar-refractivity contribution < 1.29 is 13.2 Å².